The molecule has 0 aromatic carbocycles. The number of aliphatic carboxylic acids is 1. The van der Waals surface area contributed by atoms with E-state index in [1.54, 1.807) is 0 Å². The molecule has 4 N–H and O–H groups in total. The van der Waals surface area contributed by atoms with E-state index in [4.69, 9.17) is 24.8 Å². The van der Waals surface area contributed by atoms with Gasteiger partial charge in [-0.05, 0) is 12.8 Å². The lowest BCUT2D eigenvalue weighted by Gasteiger charge is -2.20. The lowest BCUT2D eigenvalue weighted by atomic mass is 10.0. The van der Waals surface area contributed by atoms with Gasteiger partial charge in [-0.3, -0.25) is 23.4 Å². The Morgan fingerprint density at radius 3 is 1.24 bits per heavy atom. The molecule has 0 aromatic rings. The standard InChI is InChI=1S/C39H76NO10P/c1-3-5-7-9-11-13-15-17-19-20-22-24-26-28-30-37(41)47-32-35(33-48-51(45,46)49-34-36(40)39(43)44)50-38(42)31-29-27-25-23-21-18-16-14-12-10-8-6-4-2/h35-36H,3-34,40H2,1-2H3,(H,43,44)(H,45,46)/t35-,36+/m1/s1. The van der Waals surface area contributed by atoms with E-state index in [2.05, 4.69) is 18.4 Å². The number of carbonyl (C=O) groups excluding carboxylic acids is 2. The van der Waals surface area contributed by atoms with Crippen molar-refractivity contribution in [3.8, 4) is 0 Å². The third-order valence-corrected chi connectivity index (χ3v) is 10.1. The Kier molecular flexibility index (Phi) is 34.4. The Morgan fingerprint density at radius 2 is 0.863 bits per heavy atom. The number of carbonyl (C=O) groups is 3. The zero-order valence-corrected chi connectivity index (χ0v) is 33.4. The summed E-state index contributed by atoms with van der Waals surface area (Å²) in [6.07, 6.45) is 31.6. The van der Waals surface area contributed by atoms with E-state index in [0.29, 0.717) is 12.8 Å². The van der Waals surface area contributed by atoms with Gasteiger partial charge in [-0.15, -0.1) is 0 Å². The van der Waals surface area contributed by atoms with E-state index < -0.39 is 51.1 Å². The summed E-state index contributed by atoms with van der Waals surface area (Å²) in [6.45, 7) is 2.81. The van der Waals surface area contributed by atoms with Crippen molar-refractivity contribution in [3.63, 3.8) is 0 Å². The van der Waals surface area contributed by atoms with Gasteiger partial charge in [0.1, 0.15) is 12.6 Å². The maximum Gasteiger partial charge on any atom is 0.472 e. The predicted molar refractivity (Wildman–Crippen MR) is 203 cm³/mol. The number of rotatable bonds is 39. The summed E-state index contributed by atoms with van der Waals surface area (Å²) in [7, 11) is -4.70. The fourth-order valence-corrected chi connectivity index (χ4v) is 6.61. The van der Waals surface area contributed by atoms with Crippen LogP contribution in [-0.2, 0) is 37.5 Å². The molecule has 0 rings (SSSR count). The van der Waals surface area contributed by atoms with Crippen molar-refractivity contribution >= 4 is 25.7 Å². The second kappa shape index (κ2) is 35.5. The molecule has 12 heteroatoms. The molecule has 0 saturated heterocycles. The molecule has 0 saturated carbocycles. The second-order valence-corrected chi connectivity index (χ2v) is 15.6. The van der Waals surface area contributed by atoms with E-state index in [0.717, 1.165) is 38.5 Å². The summed E-state index contributed by atoms with van der Waals surface area (Å²) in [4.78, 5) is 45.8. The fourth-order valence-electron chi connectivity index (χ4n) is 5.83. The molecule has 0 aliphatic heterocycles. The van der Waals surface area contributed by atoms with Crippen molar-refractivity contribution in [2.75, 3.05) is 19.8 Å². The molecule has 0 spiro atoms. The van der Waals surface area contributed by atoms with Gasteiger partial charge in [0.05, 0.1) is 13.2 Å². The van der Waals surface area contributed by atoms with Gasteiger partial charge in [-0.25, -0.2) is 4.57 Å². The molecule has 1 unspecified atom stereocenters. The Morgan fingerprint density at radius 1 is 0.529 bits per heavy atom. The Bertz CT molecular complexity index is 890. The Balaban J connectivity index is 4.36. The van der Waals surface area contributed by atoms with Crippen LogP contribution in [0.3, 0.4) is 0 Å². The number of hydrogen-bond donors (Lipinski definition) is 3. The highest BCUT2D eigenvalue weighted by molar-refractivity contribution is 7.47. The van der Waals surface area contributed by atoms with Crippen LogP contribution in [0.5, 0.6) is 0 Å². The van der Waals surface area contributed by atoms with Gasteiger partial charge in [0.15, 0.2) is 6.10 Å². The van der Waals surface area contributed by atoms with E-state index in [9.17, 15) is 23.8 Å². The van der Waals surface area contributed by atoms with E-state index in [1.165, 1.54) is 122 Å². The number of phosphoric acid groups is 1. The Hall–Kier alpha value is -1.52. The summed E-state index contributed by atoms with van der Waals surface area (Å²) in [6, 6.07) is -1.51. The lowest BCUT2D eigenvalue weighted by Crippen LogP contribution is -2.34. The van der Waals surface area contributed by atoms with Crippen LogP contribution in [0.4, 0.5) is 0 Å². The van der Waals surface area contributed by atoms with Crippen LogP contribution in [-0.4, -0.2) is 59.9 Å². The van der Waals surface area contributed by atoms with Crippen LogP contribution >= 0.6 is 7.82 Å². The van der Waals surface area contributed by atoms with Gasteiger partial charge < -0.3 is 25.2 Å². The van der Waals surface area contributed by atoms with Crippen LogP contribution < -0.4 is 5.73 Å². The highest BCUT2D eigenvalue weighted by Crippen LogP contribution is 2.43. The molecule has 0 amide bonds. The van der Waals surface area contributed by atoms with E-state index in [1.807, 2.05) is 0 Å². The molecular weight excluding hydrogens is 673 g/mol. The summed E-state index contributed by atoms with van der Waals surface area (Å²) in [5, 5.41) is 8.87. The minimum absolute atomic E-state index is 0.169. The van der Waals surface area contributed by atoms with Crippen molar-refractivity contribution < 1.29 is 47.5 Å². The van der Waals surface area contributed by atoms with Gasteiger partial charge in [0.25, 0.3) is 0 Å². The minimum atomic E-state index is -4.70. The normalized spacial score (nSPS) is 13.8. The number of carboxylic acid groups (broad SMARTS) is 1. The number of ether oxygens (including phenoxy) is 2. The quantitative estimate of drug-likeness (QED) is 0.0310. The number of phosphoric ester groups is 1. The average molecular weight is 750 g/mol. The van der Waals surface area contributed by atoms with Gasteiger partial charge in [0.2, 0.25) is 0 Å². The number of nitrogens with two attached hydrogens (primary N) is 1. The van der Waals surface area contributed by atoms with Crippen molar-refractivity contribution in [1.82, 2.24) is 0 Å². The molecule has 0 bridgehead atoms. The molecule has 302 valence electrons. The number of esters is 2. The largest absolute Gasteiger partial charge is 0.480 e. The lowest BCUT2D eigenvalue weighted by molar-refractivity contribution is -0.161. The van der Waals surface area contributed by atoms with Crippen LogP contribution in [0.25, 0.3) is 0 Å². The molecule has 51 heavy (non-hydrogen) atoms. The SMILES string of the molecule is CCCCCCCCCCCCCCCCC(=O)OC[C@H](COP(=O)(O)OC[C@H](N)C(=O)O)OC(=O)CCCCCCCCCCCCCCC. The topological polar surface area (TPSA) is 172 Å². The summed E-state index contributed by atoms with van der Waals surface area (Å²) < 4.78 is 32.6. The van der Waals surface area contributed by atoms with Crippen molar-refractivity contribution in [2.45, 2.75) is 212 Å². The minimum Gasteiger partial charge on any atom is -0.480 e. The maximum absolute atomic E-state index is 12.6. The molecular formula is C39H76NO10P. The Labute approximate surface area is 310 Å². The van der Waals surface area contributed by atoms with Gasteiger partial charge in [-0.2, -0.15) is 0 Å². The number of hydrogen-bond acceptors (Lipinski definition) is 9. The molecule has 0 aliphatic rings. The zero-order valence-electron chi connectivity index (χ0n) is 32.5. The summed E-state index contributed by atoms with van der Waals surface area (Å²) in [5.74, 6) is -2.36. The molecule has 0 fully saturated rings. The third-order valence-electron chi connectivity index (χ3n) is 9.11. The molecule has 3 atom stereocenters. The zero-order chi connectivity index (χ0) is 37.8. The first-order valence-electron chi connectivity index (χ1n) is 20.6. The summed E-state index contributed by atoms with van der Waals surface area (Å²) >= 11 is 0. The maximum atomic E-state index is 12.6. The number of unbranched alkanes of at least 4 members (excludes halogenated alkanes) is 25. The second-order valence-electron chi connectivity index (χ2n) is 14.1. The monoisotopic (exact) mass is 750 g/mol. The average Bonchev–Trinajstić information content (AvgIpc) is 3.10. The summed E-state index contributed by atoms with van der Waals surface area (Å²) in [5.41, 5.74) is 5.32. The van der Waals surface area contributed by atoms with E-state index in [-0.39, 0.29) is 19.4 Å². The predicted octanol–water partition coefficient (Wildman–Crippen LogP) is 10.3. The van der Waals surface area contributed by atoms with E-state index >= 15 is 0 Å². The molecule has 0 radical (unpaired) electrons. The van der Waals surface area contributed by atoms with Crippen LogP contribution in [0, 0.1) is 0 Å². The van der Waals surface area contributed by atoms with Crippen LogP contribution in [0.1, 0.15) is 200 Å². The number of carboxylic acids is 1. The van der Waals surface area contributed by atoms with Crippen LogP contribution in [0.2, 0.25) is 0 Å². The van der Waals surface area contributed by atoms with Crippen molar-refractivity contribution in [3.05, 3.63) is 0 Å². The first-order chi connectivity index (χ1) is 24.6. The molecule has 11 nitrogen and oxygen atoms in total. The van der Waals surface area contributed by atoms with Gasteiger partial charge in [0, 0.05) is 12.8 Å². The fraction of sp³-hybridized carbons (Fsp3) is 0.923. The smallest absolute Gasteiger partial charge is 0.472 e. The first-order valence-corrected chi connectivity index (χ1v) is 22.1. The molecule has 0 aromatic heterocycles. The highest BCUT2D eigenvalue weighted by Gasteiger charge is 2.28. The van der Waals surface area contributed by atoms with Crippen molar-refractivity contribution in [2.24, 2.45) is 5.73 Å². The third kappa shape index (κ3) is 35.3. The highest BCUT2D eigenvalue weighted by atomic mass is 31.2. The van der Waals surface area contributed by atoms with Crippen molar-refractivity contribution in [1.29, 1.82) is 0 Å². The van der Waals surface area contributed by atoms with Gasteiger partial charge >= 0.3 is 25.7 Å². The van der Waals surface area contributed by atoms with Crippen LogP contribution in [0.15, 0.2) is 0 Å². The first kappa shape index (κ1) is 49.5. The van der Waals surface area contributed by atoms with Gasteiger partial charge in [-0.1, -0.05) is 174 Å². The molecule has 0 aliphatic carbocycles. The molecule has 0 heterocycles.